The van der Waals surface area contributed by atoms with Crippen molar-refractivity contribution in [2.24, 2.45) is 5.92 Å². The summed E-state index contributed by atoms with van der Waals surface area (Å²) in [7, 11) is 0. The highest BCUT2D eigenvalue weighted by atomic mass is 35.5. The van der Waals surface area contributed by atoms with Crippen LogP contribution in [0.3, 0.4) is 0 Å². The Bertz CT molecular complexity index is 466. The molecule has 0 aliphatic rings. The van der Waals surface area contributed by atoms with Gasteiger partial charge >= 0.3 is 11.7 Å². The summed E-state index contributed by atoms with van der Waals surface area (Å²) in [5.74, 6) is -0.996. The number of anilines is 1. The molecule has 98 valence electrons. The first-order valence-corrected chi connectivity index (χ1v) is 5.53. The van der Waals surface area contributed by atoms with Gasteiger partial charge in [-0.25, -0.2) is 4.98 Å². The summed E-state index contributed by atoms with van der Waals surface area (Å²) < 4.78 is 0. The Hall–Kier alpha value is -1.89. The van der Waals surface area contributed by atoms with E-state index in [2.05, 4.69) is 10.3 Å². The zero-order valence-electron chi connectivity index (χ0n) is 9.59. The molecule has 0 saturated carbocycles. The van der Waals surface area contributed by atoms with Crippen LogP contribution in [0, 0.1) is 16.0 Å². The molecule has 0 spiro atoms. The lowest BCUT2D eigenvalue weighted by Gasteiger charge is -2.10. The van der Waals surface area contributed by atoms with Crippen LogP contribution in [0.4, 0.5) is 11.5 Å². The smallest absolute Gasteiger partial charge is 0.312 e. The standard InChI is InChI=1S/C10H12ClN3O4/c1-6(2-9(15)16)4-12-10-8(14(17)18)3-7(11)5-13-10/h3,5-6H,2,4H2,1H3,(H,12,13)(H,15,16). The summed E-state index contributed by atoms with van der Waals surface area (Å²) in [4.78, 5) is 24.5. The number of rotatable bonds is 6. The lowest BCUT2D eigenvalue weighted by Crippen LogP contribution is -2.16. The molecule has 1 aromatic heterocycles. The summed E-state index contributed by atoms with van der Waals surface area (Å²) in [6.07, 6.45) is 1.27. The predicted octanol–water partition coefficient (Wildman–Crippen LogP) is 2.17. The van der Waals surface area contributed by atoms with Crippen LogP contribution in [-0.4, -0.2) is 27.5 Å². The highest BCUT2D eigenvalue weighted by molar-refractivity contribution is 6.30. The van der Waals surface area contributed by atoms with Gasteiger partial charge < -0.3 is 10.4 Å². The number of aromatic nitrogens is 1. The van der Waals surface area contributed by atoms with Gasteiger partial charge in [0.05, 0.1) is 9.95 Å². The molecule has 7 nitrogen and oxygen atoms in total. The number of hydrogen-bond acceptors (Lipinski definition) is 5. The quantitative estimate of drug-likeness (QED) is 0.608. The van der Waals surface area contributed by atoms with Crippen LogP contribution in [0.5, 0.6) is 0 Å². The van der Waals surface area contributed by atoms with Crippen LogP contribution in [0.1, 0.15) is 13.3 Å². The fourth-order valence-corrected chi connectivity index (χ4v) is 1.50. The Morgan fingerprint density at radius 1 is 1.72 bits per heavy atom. The highest BCUT2D eigenvalue weighted by Gasteiger charge is 2.17. The van der Waals surface area contributed by atoms with Crippen LogP contribution in [0.15, 0.2) is 12.3 Å². The Labute approximate surface area is 108 Å². The van der Waals surface area contributed by atoms with Crippen LogP contribution < -0.4 is 5.32 Å². The Morgan fingerprint density at radius 3 is 2.94 bits per heavy atom. The third-order valence-corrected chi connectivity index (χ3v) is 2.38. The van der Waals surface area contributed by atoms with Gasteiger partial charge in [-0.05, 0) is 5.92 Å². The molecule has 0 saturated heterocycles. The molecule has 0 aliphatic heterocycles. The molecule has 2 N–H and O–H groups in total. The largest absolute Gasteiger partial charge is 0.481 e. The number of carboxylic acid groups (broad SMARTS) is 1. The number of nitrogens with zero attached hydrogens (tertiary/aromatic N) is 2. The molecule has 1 unspecified atom stereocenters. The Balaban J connectivity index is 2.72. The van der Waals surface area contributed by atoms with Gasteiger partial charge in [-0.2, -0.15) is 0 Å². The number of halogens is 1. The van der Waals surface area contributed by atoms with Crippen LogP contribution in [0.2, 0.25) is 5.02 Å². The molecule has 0 fully saturated rings. The molecule has 1 aromatic rings. The van der Waals surface area contributed by atoms with Crippen molar-refractivity contribution in [1.29, 1.82) is 0 Å². The van der Waals surface area contributed by atoms with E-state index in [4.69, 9.17) is 16.7 Å². The maximum atomic E-state index is 10.8. The third kappa shape index (κ3) is 4.17. The summed E-state index contributed by atoms with van der Waals surface area (Å²) in [5, 5.41) is 22.3. The highest BCUT2D eigenvalue weighted by Crippen LogP contribution is 2.25. The molecule has 0 aromatic carbocycles. The van der Waals surface area contributed by atoms with Crippen molar-refractivity contribution in [3.05, 3.63) is 27.4 Å². The van der Waals surface area contributed by atoms with E-state index in [0.29, 0.717) is 0 Å². The monoisotopic (exact) mass is 273 g/mol. The van der Waals surface area contributed by atoms with Crippen molar-refractivity contribution in [2.75, 3.05) is 11.9 Å². The van der Waals surface area contributed by atoms with Crippen molar-refractivity contribution in [1.82, 2.24) is 4.98 Å². The van der Waals surface area contributed by atoms with Crippen LogP contribution >= 0.6 is 11.6 Å². The maximum Gasteiger partial charge on any atom is 0.312 e. The average molecular weight is 274 g/mol. The summed E-state index contributed by atoms with van der Waals surface area (Å²) in [5.41, 5.74) is -0.231. The van der Waals surface area contributed by atoms with E-state index in [9.17, 15) is 14.9 Å². The molecule has 8 heteroatoms. The second-order valence-corrected chi connectivity index (χ2v) is 4.30. The fourth-order valence-electron chi connectivity index (χ4n) is 1.35. The number of nitro groups is 1. The molecule has 1 rings (SSSR count). The van der Waals surface area contributed by atoms with E-state index in [-0.39, 0.29) is 35.4 Å². The number of nitrogens with one attached hydrogen (secondary N) is 1. The van der Waals surface area contributed by atoms with Crippen molar-refractivity contribution in [3.8, 4) is 0 Å². The fraction of sp³-hybridized carbons (Fsp3) is 0.400. The van der Waals surface area contributed by atoms with Gasteiger partial charge in [0.25, 0.3) is 0 Å². The van der Waals surface area contributed by atoms with Gasteiger partial charge in [-0.3, -0.25) is 14.9 Å². The molecule has 0 aliphatic carbocycles. The zero-order valence-corrected chi connectivity index (χ0v) is 10.3. The first-order valence-electron chi connectivity index (χ1n) is 5.15. The van der Waals surface area contributed by atoms with Gasteiger partial charge in [-0.1, -0.05) is 18.5 Å². The first kappa shape index (κ1) is 14.2. The lowest BCUT2D eigenvalue weighted by molar-refractivity contribution is -0.384. The molecular weight excluding hydrogens is 262 g/mol. The van der Waals surface area contributed by atoms with Gasteiger partial charge in [-0.15, -0.1) is 0 Å². The van der Waals surface area contributed by atoms with E-state index in [1.807, 2.05) is 0 Å². The van der Waals surface area contributed by atoms with Gasteiger partial charge in [0.1, 0.15) is 0 Å². The van der Waals surface area contributed by atoms with E-state index < -0.39 is 10.9 Å². The topological polar surface area (TPSA) is 105 Å². The molecular formula is C10H12ClN3O4. The summed E-state index contributed by atoms with van der Waals surface area (Å²) in [6, 6.07) is 1.19. The second kappa shape index (κ2) is 6.15. The Morgan fingerprint density at radius 2 is 2.39 bits per heavy atom. The minimum absolute atomic E-state index is 0.0195. The second-order valence-electron chi connectivity index (χ2n) is 3.86. The normalized spacial score (nSPS) is 11.9. The van der Waals surface area contributed by atoms with Gasteiger partial charge in [0, 0.05) is 25.2 Å². The SMILES string of the molecule is CC(CNc1ncc(Cl)cc1[N+](=O)[O-])CC(=O)O. The summed E-state index contributed by atoms with van der Waals surface area (Å²) >= 11 is 5.62. The van der Waals surface area contributed by atoms with E-state index in [1.54, 1.807) is 6.92 Å². The predicted molar refractivity (Wildman–Crippen MR) is 65.8 cm³/mol. The molecule has 1 atom stereocenters. The van der Waals surface area contributed by atoms with E-state index in [0.717, 1.165) is 0 Å². The third-order valence-electron chi connectivity index (χ3n) is 2.17. The minimum atomic E-state index is -0.914. The molecule has 0 amide bonds. The molecule has 0 bridgehead atoms. The van der Waals surface area contributed by atoms with Crippen molar-refractivity contribution in [3.63, 3.8) is 0 Å². The number of aliphatic carboxylic acids is 1. The molecule has 0 radical (unpaired) electrons. The van der Waals surface area contributed by atoms with E-state index in [1.165, 1.54) is 12.3 Å². The number of carbonyl (C=O) groups is 1. The van der Waals surface area contributed by atoms with Crippen molar-refractivity contribution >= 4 is 29.1 Å². The number of pyridine rings is 1. The zero-order chi connectivity index (χ0) is 13.7. The van der Waals surface area contributed by atoms with Crippen LogP contribution in [-0.2, 0) is 4.79 Å². The molecule has 18 heavy (non-hydrogen) atoms. The van der Waals surface area contributed by atoms with E-state index >= 15 is 0 Å². The average Bonchev–Trinajstić information content (AvgIpc) is 2.26. The van der Waals surface area contributed by atoms with Crippen LogP contribution in [0.25, 0.3) is 0 Å². The summed E-state index contributed by atoms with van der Waals surface area (Å²) in [6.45, 7) is 2.00. The number of carboxylic acids is 1. The maximum absolute atomic E-state index is 10.8. The first-order chi connectivity index (χ1) is 8.40. The molecule has 1 heterocycles. The van der Waals surface area contributed by atoms with Crippen molar-refractivity contribution < 1.29 is 14.8 Å². The van der Waals surface area contributed by atoms with Gasteiger partial charge in [0.15, 0.2) is 0 Å². The van der Waals surface area contributed by atoms with Crippen molar-refractivity contribution in [2.45, 2.75) is 13.3 Å². The Kier molecular flexibility index (Phi) is 4.85. The minimum Gasteiger partial charge on any atom is -0.481 e. The van der Waals surface area contributed by atoms with Gasteiger partial charge in [0.2, 0.25) is 5.82 Å². The lowest BCUT2D eigenvalue weighted by atomic mass is 10.1. The number of hydrogen-bond donors (Lipinski definition) is 2.